The Balaban J connectivity index is 2.21. The van der Waals surface area contributed by atoms with Gasteiger partial charge in [0.1, 0.15) is 0 Å². The zero-order valence-electron chi connectivity index (χ0n) is 7.20. The third kappa shape index (κ3) is 1.69. The third-order valence-electron chi connectivity index (χ3n) is 1.96. The van der Waals surface area contributed by atoms with Crippen molar-refractivity contribution >= 4 is 11.5 Å². The number of hydrogen-bond donors (Lipinski definition) is 2. The Kier molecular flexibility index (Phi) is 2.00. The van der Waals surface area contributed by atoms with Crippen LogP contribution in [0.4, 0.5) is 0 Å². The average molecular weight is 173 g/mol. The van der Waals surface area contributed by atoms with Crippen molar-refractivity contribution in [2.75, 3.05) is 6.54 Å². The SMILES string of the molecule is NC1=NCC(c2ccccc2)=CN1. The number of hydrogen-bond acceptors (Lipinski definition) is 3. The molecule has 0 atom stereocenters. The van der Waals surface area contributed by atoms with E-state index in [9.17, 15) is 0 Å². The molecule has 1 aromatic carbocycles. The van der Waals surface area contributed by atoms with Gasteiger partial charge in [-0.15, -0.1) is 0 Å². The number of nitrogens with two attached hydrogens (primary N) is 1. The van der Waals surface area contributed by atoms with Crippen molar-refractivity contribution in [2.24, 2.45) is 10.7 Å². The molecule has 1 aromatic rings. The first kappa shape index (κ1) is 7.86. The second-order valence-electron chi connectivity index (χ2n) is 2.88. The molecule has 0 unspecified atom stereocenters. The van der Waals surface area contributed by atoms with Crippen molar-refractivity contribution in [1.82, 2.24) is 5.32 Å². The maximum Gasteiger partial charge on any atom is 0.192 e. The molecule has 3 nitrogen and oxygen atoms in total. The third-order valence-corrected chi connectivity index (χ3v) is 1.96. The van der Waals surface area contributed by atoms with Crippen molar-refractivity contribution in [1.29, 1.82) is 0 Å². The molecular formula is C10H11N3. The first-order chi connectivity index (χ1) is 6.36. The van der Waals surface area contributed by atoms with Gasteiger partial charge in [-0.05, 0) is 11.1 Å². The number of guanidine groups is 1. The van der Waals surface area contributed by atoms with E-state index >= 15 is 0 Å². The molecule has 66 valence electrons. The first-order valence-electron chi connectivity index (χ1n) is 4.17. The summed E-state index contributed by atoms with van der Waals surface area (Å²) in [6, 6.07) is 10.1. The molecule has 1 heterocycles. The predicted molar refractivity (Wildman–Crippen MR) is 54.0 cm³/mol. The van der Waals surface area contributed by atoms with Gasteiger partial charge in [0.05, 0.1) is 6.54 Å². The van der Waals surface area contributed by atoms with E-state index in [0.717, 1.165) is 5.57 Å². The summed E-state index contributed by atoms with van der Waals surface area (Å²) < 4.78 is 0. The lowest BCUT2D eigenvalue weighted by Gasteiger charge is -2.11. The lowest BCUT2D eigenvalue weighted by molar-refractivity contribution is 1.09. The standard InChI is InChI=1S/C10H11N3/c11-10-12-6-9(7-13-10)8-4-2-1-3-5-8/h1-6H,7H2,(H3,11,12,13). The minimum absolute atomic E-state index is 0.486. The highest BCUT2D eigenvalue weighted by atomic mass is 15.1. The van der Waals surface area contributed by atoms with Gasteiger partial charge in [-0.2, -0.15) is 0 Å². The molecule has 0 amide bonds. The molecule has 3 heteroatoms. The number of rotatable bonds is 1. The van der Waals surface area contributed by atoms with E-state index in [2.05, 4.69) is 22.4 Å². The first-order valence-corrected chi connectivity index (χ1v) is 4.17. The van der Waals surface area contributed by atoms with E-state index in [1.54, 1.807) is 0 Å². The van der Waals surface area contributed by atoms with Gasteiger partial charge in [-0.25, -0.2) is 4.99 Å². The maximum absolute atomic E-state index is 5.47. The Morgan fingerprint density at radius 3 is 2.62 bits per heavy atom. The Morgan fingerprint density at radius 2 is 2.00 bits per heavy atom. The van der Waals surface area contributed by atoms with Crippen molar-refractivity contribution < 1.29 is 0 Å². The fourth-order valence-corrected chi connectivity index (χ4v) is 1.25. The van der Waals surface area contributed by atoms with Crippen molar-refractivity contribution in [2.45, 2.75) is 0 Å². The highest BCUT2D eigenvalue weighted by Crippen LogP contribution is 2.14. The second-order valence-corrected chi connectivity index (χ2v) is 2.88. The number of aliphatic imine (C=N–C) groups is 1. The summed E-state index contributed by atoms with van der Waals surface area (Å²) in [4.78, 5) is 4.10. The lowest BCUT2D eigenvalue weighted by atomic mass is 10.1. The van der Waals surface area contributed by atoms with E-state index in [1.165, 1.54) is 5.56 Å². The van der Waals surface area contributed by atoms with Crippen molar-refractivity contribution in [3.63, 3.8) is 0 Å². The second kappa shape index (κ2) is 3.31. The summed E-state index contributed by atoms with van der Waals surface area (Å²) in [6.07, 6.45) is 1.90. The van der Waals surface area contributed by atoms with Gasteiger partial charge in [-0.3, -0.25) is 0 Å². The largest absolute Gasteiger partial charge is 0.370 e. The fourth-order valence-electron chi connectivity index (χ4n) is 1.25. The number of nitrogens with zero attached hydrogens (tertiary/aromatic N) is 1. The van der Waals surface area contributed by atoms with Gasteiger partial charge in [0.25, 0.3) is 0 Å². The molecule has 0 aromatic heterocycles. The van der Waals surface area contributed by atoms with Crippen LogP contribution in [0.15, 0.2) is 41.5 Å². The zero-order valence-corrected chi connectivity index (χ0v) is 7.20. The molecule has 1 aliphatic rings. The van der Waals surface area contributed by atoms with Crippen molar-refractivity contribution in [3.8, 4) is 0 Å². The topological polar surface area (TPSA) is 50.4 Å². The van der Waals surface area contributed by atoms with Crippen LogP contribution in [-0.2, 0) is 0 Å². The minimum atomic E-state index is 0.486. The fraction of sp³-hybridized carbons (Fsp3) is 0.100. The Morgan fingerprint density at radius 1 is 1.23 bits per heavy atom. The summed E-state index contributed by atoms with van der Waals surface area (Å²) in [5.74, 6) is 0.486. The molecule has 0 saturated carbocycles. The van der Waals surface area contributed by atoms with E-state index in [1.807, 2.05) is 24.4 Å². The summed E-state index contributed by atoms with van der Waals surface area (Å²) in [7, 11) is 0. The van der Waals surface area contributed by atoms with Crippen LogP contribution < -0.4 is 11.1 Å². The van der Waals surface area contributed by atoms with E-state index in [-0.39, 0.29) is 0 Å². The molecule has 0 bridgehead atoms. The molecule has 0 saturated heterocycles. The normalized spacial score (nSPS) is 15.7. The molecular weight excluding hydrogens is 162 g/mol. The van der Waals surface area contributed by atoms with Crippen LogP contribution >= 0.6 is 0 Å². The van der Waals surface area contributed by atoms with Crippen LogP contribution in [0.25, 0.3) is 5.57 Å². The molecule has 3 N–H and O–H groups in total. The van der Waals surface area contributed by atoms with Crippen LogP contribution in [0, 0.1) is 0 Å². The van der Waals surface area contributed by atoms with Crippen LogP contribution in [0.2, 0.25) is 0 Å². The lowest BCUT2D eigenvalue weighted by Crippen LogP contribution is -2.30. The van der Waals surface area contributed by atoms with E-state index in [0.29, 0.717) is 12.5 Å². The summed E-state index contributed by atoms with van der Waals surface area (Å²) in [6.45, 7) is 0.656. The van der Waals surface area contributed by atoms with E-state index in [4.69, 9.17) is 5.73 Å². The summed E-state index contributed by atoms with van der Waals surface area (Å²) in [5, 5.41) is 2.90. The van der Waals surface area contributed by atoms with Crippen LogP contribution in [0.5, 0.6) is 0 Å². The zero-order chi connectivity index (χ0) is 9.10. The van der Waals surface area contributed by atoms with E-state index < -0.39 is 0 Å². The number of nitrogens with one attached hydrogen (secondary N) is 1. The van der Waals surface area contributed by atoms with Gasteiger partial charge < -0.3 is 11.1 Å². The van der Waals surface area contributed by atoms with Gasteiger partial charge >= 0.3 is 0 Å². The van der Waals surface area contributed by atoms with Gasteiger partial charge in [0.2, 0.25) is 0 Å². The highest BCUT2D eigenvalue weighted by molar-refractivity contribution is 5.84. The Labute approximate surface area is 77.0 Å². The van der Waals surface area contributed by atoms with Crippen LogP contribution in [-0.4, -0.2) is 12.5 Å². The van der Waals surface area contributed by atoms with Crippen LogP contribution in [0.1, 0.15) is 5.56 Å². The Bertz CT molecular complexity index is 352. The molecule has 0 aliphatic carbocycles. The Hall–Kier alpha value is -1.77. The van der Waals surface area contributed by atoms with Gasteiger partial charge in [0, 0.05) is 6.20 Å². The molecule has 0 spiro atoms. The molecule has 1 aliphatic heterocycles. The molecule has 0 radical (unpaired) electrons. The van der Waals surface area contributed by atoms with Gasteiger partial charge in [-0.1, -0.05) is 30.3 Å². The monoisotopic (exact) mass is 173 g/mol. The minimum Gasteiger partial charge on any atom is -0.370 e. The maximum atomic E-state index is 5.47. The van der Waals surface area contributed by atoms with Crippen LogP contribution in [0.3, 0.4) is 0 Å². The molecule has 0 fully saturated rings. The molecule has 13 heavy (non-hydrogen) atoms. The molecule has 2 rings (SSSR count). The highest BCUT2D eigenvalue weighted by Gasteiger charge is 2.04. The van der Waals surface area contributed by atoms with Crippen molar-refractivity contribution in [3.05, 3.63) is 42.1 Å². The average Bonchev–Trinajstić information content (AvgIpc) is 2.20. The van der Waals surface area contributed by atoms with Gasteiger partial charge in [0.15, 0.2) is 5.96 Å². The smallest absolute Gasteiger partial charge is 0.192 e. The predicted octanol–water partition coefficient (Wildman–Crippen LogP) is 0.945. The number of benzene rings is 1. The summed E-state index contributed by atoms with van der Waals surface area (Å²) in [5.41, 5.74) is 7.82. The summed E-state index contributed by atoms with van der Waals surface area (Å²) >= 11 is 0. The quantitative estimate of drug-likeness (QED) is 0.664.